The molecule has 0 aliphatic rings. The molecule has 0 nitrogen and oxygen atoms in total. The number of hydrogen-bond acceptors (Lipinski definition) is 0. The molecule has 0 bridgehead atoms. The van der Waals surface area contributed by atoms with Crippen molar-refractivity contribution in [3.8, 4) is 12.3 Å². The maximum absolute atomic E-state index is 12.4. The van der Waals surface area contributed by atoms with E-state index in [0.29, 0.717) is 5.57 Å². The molecule has 0 aromatic rings. The van der Waals surface area contributed by atoms with Crippen LogP contribution in [-0.4, -0.2) is 0 Å². The zero-order chi connectivity index (χ0) is 7.98. The zero-order valence-corrected chi connectivity index (χ0v) is 5.89. The first-order chi connectivity index (χ1) is 4.74. The Morgan fingerprint density at radius 3 is 2.60 bits per heavy atom. The van der Waals surface area contributed by atoms with E-state index < -0.39 is 0 Å². The number of terminal acetylenes is 1. The van der Waals surface area contributed by atoms with Gasteiger partial charge in [-0.15, -0.1) is 6.42 Å². The van der Waals surface area contributed by atoms with E-state index >= 15 is 0 Å². The quantitative estimate of drug-likeness (QED) is 0.404. The fourth-order valence-electron chi connectivity index (χ4n) is 0.391. The largest absolute Gasteiger partial charge is 0.207 e. The Balaban J connectivity index is 4.44. The second-order valence-corrected chi connectivity index (χ2v) is 1.62. The van der Waals surface area contributed by atoms with Gasteiger partial charge in [-0.1, -0.05) is 24.7 Å². The van der Waals surface area contributed by atoms with E-state index in [0.717, 1.165) is 0 Å². The lowest BCUT2D eigenvalue weighted by atomic mass is 10.2. The van der Waals surface area contributed by atoms with Gasteiger partial charge < -0.3 is 0 Å². The van der Waals surface area contributed by atoms with E-state index in [1.54, 1.807) is 6.92 Å². The fraction of sp³-hybridized carbons (Fsp3) is 0.111. The number of rotatable bonds is 2. The monoisotopic (exact) mass is 136 g/mol. The smallest absolute Gasteiger partial charge is 0.120 e. The van der Waals surface area contributed by atoms with Crippen molar-refractivity contribution >= 4 is 0 Å². The Morgan fingerprint density at radius 2 is 2.30 bits per heavy atom. The minimum Gasteiger partial charge on any atom is -0.207 e. The van der Waals surface area contributed by atoms with E-state index in [1.165, 1.54) is 18.2 Å². The summed E-state index contributed by atoms with van der Waals surface area (Å²) < 4.78 is 12.4. The molecule has 0 saturated carbocycles. The van der Waals surface area contributed by atoms with E-state index in [-0.39, 0.29) is 5.83 Å². The summed E-state index contributed by atoms with van der Waals surface area (Å²) in [5.41, 5.74) is 0.454. The molecule has 0 spiro atoms. The van der Waals surface area contributed by atoms with E-state index in [2.05, 4.69) is 12.5 Å². The molecule has 0 unspecified atom stereocenters. The van der Waals surface area contributed by atoms with Crippen molar-refractivity contribution < 1.29 is 4.39 Å². The normalized spacial score (nSPS) is 12.5. The van der Waals surface area contributed by atoms with Crippen LogP contribution in [0.2, 0.25) is 0 Å². The molecule has 0 amide bonds. The Kier molecular flexibility index (Phi) is 3.99. The molecule has 0 aromatic carbocycles. The van der Waals surface area contributed by atoms with Crippen molar-refractivity contribution in [2.45, 2.75) is 6.92 Å². The fourth-order valence-corrected chi connectivity index (χ4v) is 0.391. The first-order valence-corrected chi connectivity index (χ1v) is 2.87. The third-order valence-corrected chi connectivity index (χ3v) is 0.956. The average Bonchev–Trinajstić information content (AvgIpc) is 1.99. The van der Waals surface area contributed by atoms with Crippen LogP contribution in [0.5, 0.6) is 0 Å². The number of allylic oxidation sites excluding steroid dienone is 5. The molecule has 0 rings (SSSR count). The molecule has 0 aromatic heterocycles. The predicted molar refractivity (Wildman–Crippen MR) is 42.0 cm³/mol. The van der Waals surface area contributed by atoms with Crippen LogP contribution in [0, 0.1) is 12.3 Å². The van der Waals surface area contributed by atoms with Crippen LogP contribution in [0.15, 0.2) is 36.2 Å². The van der Waals surface area contributed by atoms with Gasteiger partial charge in [-0.2, -0.15) is 0 Å². The van der Waals surface area contributed by atoms with Gasteiger partial charge in [0, 0.05) is 5.57 Å². The van der Waals surface area contributed by atoms with Crippen LogP contribution in [0.4, 0.5) is 4.39 Å². The number of halogens is 1. The second-order valence-electron chi connectivity index (χ2n) is 1.62. The summed E-state index contributed by atoms with van der Waals surface area (Å²) >= 11 is 0. The highest BCUT2D eigenvalue weighted by molar-refractivity contribution is 5.38. The highest BCUT2D eigenvalue weighted by atomic mass is 19.1. The predicted octanol–water partition coefficient (Wildman–Crippen LogP) is 2.61. The first kappa shape index (κ1) is 8.71. The summed E-state index contributed by atoms with van der Waals surface area (Å²) in [6.07, 6.45) is 9.03. The molecule has 0 aliphatic carbocycles. The third kappa shape index (κ3) is 2.88. The van der Waals surface area contributed by atoms with Crippen molar-refractivity contribution in [3.05, 3.63) is 36.2 Å². The molecule has 0 saturated heterocycles. The van der Waals surface area contributed by atoms with Crippen LogP contribution in [0.1, 0.15) is 6.92 Å². The van der Waals surface area contributed by atoms with Crippen LogP contribution in [-0.2, 0) is 0 Å². The summed E-state index contributed by atoms with van der Waals surface area (Å²) in [5.74, 6) is 1.94. The Labute approximate surface area is 60.8 Å². The molecule has 1 heteroatoms. The van der Waals surface area contributed by atoms with Gasteiger partial charge in [-0.3, -0.25) is 0 Å². The maximum Gasteiger partial charge on any atom is 0.120 e. The minimum atomic E-state index is -0.340. The molecule has 52 valence electrons. The average molecular weight is 136 g/mol. The SMILES string of the molecule is C#C/C(C=C)=C\C(F)=C/C. The van der Waals surface area contributed by atoms with Gasteiger partial charge in [0.25, 0.3) is 0 Å². The van der Waals surface area contributed by atoms with E-state index in [1.807, 2.05) is 0 Å². The van der Waals surface area contributed by atoms with Crippen molar-refractivity contribution in [2.24, 2.45) is 0 Å². The maximum atomic E-state index is 12.4. The van der Waals surface area contributed by atoms with E-state index in [4.69, 9.17) is 6.42 Å². The summed E-state index contributed by atoms with van der Waals surface area (Å²) in [7, 11) is 0. The topological polar surface area (TPSA) is 0 Å². The summed E-state index contributed by atoms with van der Waals surface area (Å²) in [4.78, 5) is 0. The first-order valence-electron chi connectivity index (χ1n) is 2.87. The molecule has 10 heavy (non-hydrogen) atoms. The lowest BCUT2D eigenvalue weighted by Crippen LogP contribution is -1.71. The van der Waals surface area contributed by atoms with Crippen molar-refractivity contribution in [3.63, 3.8) is 0 Å². The molecular formula is C9H9F. The van der Waals surface area contributed by atoms with Crippen LogP contribution in [0.25, 0.3) is 0 Å². The van der Waals surface area contributed by atoms with Crippen molar-refractivity contribution in [1.29, 1.82) is 0 Å². The lowest BCUT2D eigenvalue weighted by Gasteiger charge is -1.86. The van der Waals surface area contributed by atoms with Gasteiger partial charge in [-0.25, -0.2) is 4.39 Å². The third-order valence-electron chi connectivity index (χ3n) is 0.956. The highest BCUT2D eigenvalue weighted by Crippen LogP contribution is 2.03. The van der Waals surface area contributed by atoms with Gasteiger partial charge in [-0.05, 0) is 13.0 Å². The van der Waals surface area contributed by atoms with Crippen LogP contribution >= 0.6 is 0 Å². The van der Waals surface area contributed by atoms with Gasteiger partial charge in [0.1, 0.15) is 5.83 Å². The zero-order valence-electron chi connectivity index (χ0n) is 5.89. The number of hydrogen-bond donors (Lipinski definition) is 0. The molecule has 0 atom stereocenters. The molecule has 0 fully saturated rings. The summed E-state index contributed by atoms with van der Waals surface area (Å²) in [6.45, 7) is 5.01. The molecule has 0 heterocycles. The minimum absolute atomic E-state index is 0.340. The molecule has 0 radical (unpaired) electrons. The van der Waals surface area contributed by atoms with Gasteiger partial charge >= 0.3 is 0 Å². The summed E-state index contributed by atoms with van der Waals surface area (Å²) in [6, 6.07) is 0. The Morgan fingerprint density at radius 1 is 1.70 bits per heavy atom. The molecular weight excluding hydrogens is 127 g/mol. The lowest BCUT2D eigenvalue weighted by molar-refractivity contribution is 0.664. The van der Waals surface area contributed by atoms with E-state index in [9.17, 15) is 4.39 Å². The van der Waals surface area contributed by atoms with Crippen LogP contribution in [0.3, 0.4) is 0 Å². The molecule has 0 N–H and O–H groups in total. The van der Waals surface area contributed by atoms with Gasteiger partial charge in [0.15, 0.2) is 0 Å². The Bertz CT molecular complexity index is 213. The standard InChI is InChI=1S/C9H9F/c1-4-8(5-2)7-9(10)6-3/h1,5-7H,2H2,3H3/b8-7+,9-6+. The summed E-state index contributed by atoms with van der Waals surface area (Å²) in [5, 5.41) is 0. The highest BCUT2D eigenvalue weighted by Gasteiger charge is 1.86. The van der Waals surface area contributed by atoms with Crippen molar-refractivity contribution in [2.75, 3.05) is 0 Å². The van der Waals surface area contributed by atoms with Gasteiger partial charge in [0.05, 0.1) is 0 Å². The molecule has 0 aliphatic heterocycles. The van der Waals surface area contributed by atoms with Crippen molar-refractivity contribution in [1.82, 2.24) is 0 Å². The van der Waals surface area contributed by atoms with Gasteiger partial charge in [0.2, 0.25) is 0 Å². The Hall–Kier alpha value is -1.29. The van der Waals surface area contributed by atoms with Crippen LogP contribution < -0.4 is 0 Å². The second kappa shape index (κ2) is 4.58.